The average Bonchev–Trinajstić information content (AvgIpc) is 2.52. The van der Waals surface area contributed by atoms with Gasteiger partial charge in [-0.15, -0.1) is 0 Å². The van der Waals surface area contributed by atoms with E-state index in [1.54, 1.807) is 25.3 Å². The number of ether oxygens (including phenoxy) is 2. The van der Waals surface area contributed by atoms with Gasteiger partial charge < -0.3 is 14.8 Å². The van der Waals surface area contributed by atoms with Crippen molar-refractivity contribution in [3.05, 3.63) is 53.1 Å². The number of amides is 1. The minimum atomic E-state index is -0.0987. The highest BCUT2D eigenvalue weighted by atomic mass is 35.5. The van der Waals surface area contributed by atoms with Crippen LogP contribution in [0.25, 0.3) is 0 Å². The van der Waals surface area contributed by atoms with Gasteiger partial charge in [0.15, 0.2) is 0 Å². The summed E-state index contributed by atoms with van der Waals surface area (Å²) < 4.78 is 10.8. The van der Waals surface area contributed by atoms with Crippen molar-refractivity contribution in [1.29, 1.82) is 0 Å². The summed E-state index contributed by atoms with van der Waals surface area (Å²) in [7, 11) is 1.55. The highest BCUT2D eigenvalue weighted by Crippen LogP contribution is 2.27. The Morgan fingerprint density at radius 1 is 1.22 bits per heavy atom. The molecule has 1 N–H and O–H groups in total. The summed E-state index contributed by atoms with van der Waals surface area (Å²) in [4.78, 5) is 12.0. The third-order valence-electron chi connectivity index (χ3n) is 3.24. The number of rotatable bonds is 7. The topological polar surface area (TPSA) is 47.6 Å². The largest absolute Gasteiger partial charge is 0.495 e. The number of halogens is 1. The molecule has 0 saturated carbocycles. The minimum absolute atomic E-state index is 0.0987. The Hall–Kier alpha value is -2.20. The predicted molar refractivity (Wildman–Crippen MR) is 92.5 cm³/mol. The first-order chi connectivity index (χ1) is 11.1. The molecule has 0 aliphatic rings. The Kier molecular flexibility index (Phi) is 6.29. The summed E-state index contributed by atoms with van der Waals surface area (Å²) in [5, 5.41) is 3.35. The maximum Gasteiger partial charge on any atom is 0.224 e. The van der Waals surface area contributed by atoms with Crippen molar-refractivity contribution >= 4 is 23.2 Å². The number of methoxy groups -OCH3 is 1. The molecule has 1 amide bonds. The summed E-state index contributed by atoms with van der Waals surface area (Å²) in [5.41, 5.74) is 1.72. The fourth-order valence-corrected chi connectivity index (χ4v) is 2.29. The van der Waals surface area contributed by atoms with Crippen LogP contribution in [0, 0.1) is 6.92 Å². The Labute approximate surface area is 141 Å². The smallest absolute Gasteiger partial charge is 0.224 e. The molecule has 0 atom stereocenters. The molecule has 0 heterocycles. The predicted octanol–water partition coefficient (Wildman–Crippen LogP) is 4.45. The molecule has 0 spiro atoms. The van der Waals surface area contributed by atoms with Crippen LogP contribution < -0.4 is 14.8 Å². The van der Waals surface area contributed by atoms with Crippen molar-refractivity contribution in [3.8, 4) is 11.5 Å². The van der Waals surface area contributed by atoms with E-state index < -0.39 is 0 Å². The van der Waals surface area contributed by atoms with Crippen LogP contribution in [0.1, 0.15) is 18.4 Å². The normalized spacial score (nSPS) is 10.2. The van der Waals surface area contributed by atoms with E-state index in [1.807, 2.05) is 31.2 Å². The van der Waals surface area contributed by atoms with Crippen LogP contribution in [-0.2, 0) is 4.79 Å². The van der Waals surface area contributed by atoms with Crippen molar-refractivity contribution in [1.82, 2.24) is 0 Å². The Morgan fingerprint density at radius 2 is 2.04 bits per heavy atom. The lowest BCUT2D eigenvalue weighted by atomic mass is 10.2. The van der Waals surface area contributed by atoms with E-state index >= 15 is 0 Å². The molecule has 23 heavy (non-hydrogen) atoms. The third kappa shape index (κ3) is 5.49. The van der Waals surface area contributed by atoms with Gasteiger partial charge in [0.2, 0.25) is 5.91 Å². The monoisotopic (exact) mass is 333 g/mol. The van der Waals surface area contributed by atoms with E-state index in [4.69, 9.17) is 21.1 Å². The molecule has 0 fully saturated rings. The summed E-state index contributed by atoms with van der Waals surface area (Å²) in [6.07, 6.45) is 0.990. The van der Waals surface area contributed by atoms with Crippen LogP contribution in [0.5, 0.6) is 11.5 Å². The van der Waals surface area contributed by atoms with Crippen molar-refractivity contribution in [2.75, 3.05) is 19.0 Å². The summed E-state index contributed by atoms with van der Waals surface area (Å²) >= 11 is 5.94. The molecule has 0 unspecified atom stereocenters. The second-order valence-electron chi connectivity index (χ2n) is 5.16. The Bertz CT molecular complexity index is 673. The molecule has 0 bridgehead atoms. The highest BCUT2D eigenvalue weighted by Gasteiger charge is 2.08. The van der Waals surface area contributed by atoms with E-state index in [0.717, 1.165) is 11.3 Å². The SMILES string of the molecule is COc1ccc(Cl)cc1NC(=O)CCCOc1cccc(C)c1. The maximum absolute atomic E-state index is 12.0. The number of carbonyl (C=O) groups is 1. The van der Waals surface area contributed by atoms with Crippen LogP contribution >= 0.6 is 11.6 Å². The van der Waals surface area contributed by atoms with Crippen LogP contribution in [0.15, 0.2) is 42.5 Å². The average molecular weight is 334 g/mol. The number of hydrogen-bond donors (Lipinski definition) is 1. The number of benzene rings is 2. The van der Waals surface area contributed by atoms with Gasteiger partial charge in [-0.25, -0.2) is 0 Å². The minimum Gasteiger partial charge on any atom is -0.495 e. The van der Waals surface area contributed by atoms with Crippen molar-refractivity contribution in [2.45, 2.75) is 19.8 Å². The Morgan fingerprint density at radius 3 is 2.78 bits per heavy atom. The van der Waals surface area contributed by atoms with Crippen LogP contribution in [-0.4, -0.2) is 19.6 Å². The molecule has 5 heteroatoms. The molecule has 4 nitrogen and oxygen atoms in total. The highest BCUT2D eigenvalue weighted by molar-refractivity contribution is 6.31. The summed E-state index contributed by atoms with van der Waals surface area (Å²) in [6, 6.07) is 12.9. The van der Waals surface area contributed by atoms with E-state index in [2.05, 4.69) is 5.32 Å². The molecule has 122 valence electrons. The van der Waals surface area contributed by atoms with Crippen molar-refractivity contribution in [2.24, 2.45) is 0 Å². The Balaban J connectivity index is 1.78. The van der Waals surface area contributed by atoms with Crippen LogP contribution in [0.4, 0.5) is 5.69 Å². The second kappa shape index (κ2) is 8.44. The molecular formula is C18H20ClNO3. The lowest BCUT2D eigenvalue weighted by Crippen LogP contribution is -2.13. The molecule has 2 rings (SSSR count). The van der Waals surface area contributed by atoms with Crippen LogP contribution in [0.3, 0.4) is 0 Å². The zero-order valence-corrected chi connectivity index (χ0v) is 14.0. The van der Waals surface area contributed by atoms with Crippen molar-refractivity contribution < 1.29 is 14.3 Å². The number of aryl methyl sites for hydroxylation is 1. The third-order valence-corrected chi connectivity index (χ3v) is 3.48. The van der Waals surface area contributed by atoms with Gasteiger partial charge in [-0.2, -0.15) is 0 Å². The van der Waals surface area contributed by atoms with Gasteiger partial charge in [-0.1, -0.05) is 23.7 Å². The standard InChI is InChI=1S/C18H20ClNO3/c1-13-5-3-6-15(11-13)23-10-4-7-18(21)20-16-12-14(19)8-9-17(16)22-2/h3,5-6,8-9,11-12H,4,7,10H2,1-2H3,(H,20,21). The van der Waals surface area contributed by atoms with Gasteiger partial charge in [0.25, 0.3) is 0 Å². The lowest BCUT2D eigenvalue weighted by molar-refractivity contribution is -0.116. The van der Waals surface area contributed by atoms with Crippen molar-refractivity contribution in [3.63, 3.8) is 0 Å². The van der Waals surface area contributed by atoms with Gasteiger partial charge in [0, 0.05) is 11.4 Å². The number of nitrogens with one attached hydrogen (secondary N) is 1. The summed E-state index contributed by atoms with van der Waals surface area (Å²) in [5.74, 6) is 1.30. The summed E-state index contributed by atoms with van der Waals surface area (Å²) in [6.45, 7) is 2.50. The fourth-order valence-electron chi connectivity index (χ4n) is 2.12. The number of carbonyl (C=O) groups excluding carboxylic acids is 1. The maximum atomic E-state index is 12.0. The van der Waals surface area contributed by atoms with E-state index in [9.17, 15) is 4.79 Å². The second-order valence-corrected chi connectivity index (χ2v) is 5.60. The zero-order chi connectivity index (χ0) is 16.7. The first kappa shape index (κ1) is 17.2. The molecule has 2 aromatic carbocycles. The van der Waals surface area contributed by atoms with Gasteiger partial charge in [0.05, 0.1) is 19.4 Å². The molecule has 0 aromatic heterocycles. The molecule has 0 aliphatic carbocycles. The van der Waals surface area contributed by atoms with Gasteiger partial charge in [-0.05, 0) is 49.2 Å². The number of anilines is 1. The first-order valence-electron chi connectivity index (χ1n) is 7.41. The zero-order valence-electron chi connectivity index (χ0n) is 13.3. The lowest BCUT2D eigenvalue weighted by Gasteiger charge is -2.11. The molecule has 2 aromatic rings. The first-order valence-corrected chi connectivity index (χ1v) is 7.79. The quantitative estimate of drug-likeness (QED) is 0.761. The molecular weight excluding hydrogens is 314 g/mol. The molecule has 0 aliphatic heterocycles. The number of hydrogen-bond acceptors (Lipinski definition) is 3. The van der Waals surface area contributed by atoms with Gasteiger partial charge in [-0.3, -0.25) is 4.79 Å². The molecule has 0 radical (unpaired) electrons. The molecule has 0 saturated heterocycles. The van der Waals surface area contributed by atoms with E-state index in [0.29, 0.717) is 35.9 Å². The van der Waals surface area contributed by atoms with Gasteiger partial charge >= 0.3 is 0 Å². The van der Waals surface area contributed by atoms with Gasteiger partial charge in [0.1, 0.15) is 11.5 Å². The fraction of sp³-hybridized carbons (Fsp3) is 0.278. The van der Waals surface area contributed by atoms with E-state index in [1.165, 1.54) is 0 Å². The van der Waals surface area contributed by atoms with Crippen LogP contribution in [0.2, 0.25) is 5.02 Å². The van der Waals surface area contributed by atoms with E-state index in [-0.39, 0.29) is 5.91 Å².